The Labute approximate surface area is 93.4 Å². The number of nitrogens with zero attached hydrogens (tertiary/aromatic N) is 1. The molecule has 16 heavy (non-hydrogen) atoms. The average molecular weight is 231 g/mol. The minimum absolute atomic E-state index is 0.116. The lowest BCUT2D eigenvalue weighted by molar-refractivity contribution is -0.141. The standard InChI is InChI=1S/C9H17N3O4/c13-5-3-12(4-6-14)9(16)7-8(15)11-2-1-10-7/h7,10,13-14H,1-6H2,(H,11,15). The van der Waals surface area contributed by atoms with Crippen molar-refractivity contribution in [3.63, 3.8) is 0 Å². The van der Waals surface area contributed by atoms with Gasteiger partial charge in [-0.1, -0.05) is 0 Å². The van der Waals surface area contributed by atoms with E-state index in [0.29, 0.717) is 13.1 Å². The van der Waals surface area contributed by atoms with Crippen molar-refractivity contribution in [1.29, 1.82) is 0 Å². The van der Waals surface area contributed by atoms with Crippen molar-refractivity contribution >= 4 is 11.8 Å². The summed E-state index contributed by atoms with van der Waals surface area (Å²) in [5.74, 6) is -0.780. The van der Waals surface area contributed by atoms with Gasteiger partial charge in [0.15, 0.2) is 6.04 Å². The molecule has 2 amide bonds. The summed E-state index contributed by atoms with van der Waals surface area (Å²) in [6.07, 6.45) is 0. The third kappa shape index (κ3) is 3.16. The predicted octanol–water partition coefficient (Wildman–Crippen LogP) is -3.11. The zero-order valence-corrected chi connectivity index (χ0v) is 8.98. The maximum atomic E-state index is 11.9. The van der Waals surface area contributed by atoms with E-state index in [1.54, 1.807) is 0 Å². The lowest BCUT2D eigenvalue weighted by Crippen LogP contribution is -2.60. The van der Waals surface area contributed by atoms with E-state index in [1.807, 2.05) is 0 Å². The molecule has 0 radical (unpaired) electrons. The Morgan fingerprint density at radius 3 is 2.44 bits per heavy atom. The summed E-state index contributed by atoms with van der Waals surface area (Å²) >= 11 is 0. The molecule has 92 valence electrons. The molecule has 1 aliphatic heterocycles. The van der Waals surface area contributed by atoms with Gasteiger partial charge in [0.2, 0.25) is 11.8 Å². The minimum atomic E-state index is -0.910. The van der Waals surface area contributed by atoms with Gasteiger partial charge in [-0.3, -0.25) is 14.9 Å². The van der Waals surface area contributed by atoms with E-state index >= 15 is 0 Å². The lowest BCUT2D eigenvalue weighted by atomic mass is 10.2. The van der Waals surface area contributed by atoms with E-state index in [9.17, 15) is 9.59 Å². The molecule has 1 aliphatic rings. The molecule has 0 aromatic carbocycles. The van der Waals surface area contributed by atoms with Gasteiger partial charge in [0, 0.05) is 26.2 Å². The Bertz CT molecular complexity index is 253. The fraction of sp³-hybridized carbons (Fsp3) is 0.778. The summed E-state index contributed by atoms with van der Waals surface area (Å²) in [5, 5.41) is 22.9. The largest absolute Gasteiger partial charge is 0.395 e. The van der Waals surface area contributed by atoms with Crippen LogP contribution in [0.3, 0.4) is 0 Å². The summed E-state index contributed by atoms with van der Waals surface area (Å²) in [4.78, 5) is 24.5. The second-order valence-electron chi connectivity index (χ2n) is 3.45. The summed E-state index contributed by atoms with van der Waals surface area (Å²) in [5.41, 5.74) is 0. The number of nitrogens with one attached hydrogen (secondary N) is 2. The van der Waals surface area contributed by atoms with E-state index in [2.05, 4.69) is 10.6 Å². The van der Waals surface area contributed by atoms with Gasteiger partial charge >= 0.3 is 0 Å². The predicted molar refractivity (Wildman–Crippen MR) is 55.6 cm³/mol. The zero-order chi connectivity index (χ0) is 12.0. The van der Waals surface area contributed by atoms with E-state index < -0.39 is 11.9 Å². The van der Waals surface area contributed by atoms with Gasteiger partial charge in [0.25, 0.3) is 0 Å². The van der Waals surface area contributed by atoms with Crippen molar-refractivity contribution in [2.45, 2.75) is 6.04 Å². The number of carbonyl (C=O) groups is 2. The van der Waals surface area contributed by atoms with Crippen LogP contribution >= 0.6 is 0 Å². The molecular weight excluding hydrogens is 214 g/mol. The van der Waals surface area contributed by atoms with Crippen LogP contribution in [0.4, 0.5) is 0 Å². The zero-order valence-electron chi connectivity index (χ0n) is 8.98. The van der Waals surface area contributed by atoms with Crippen LogP contribution in [0.25, 0.3) is 0 Å². The molecule has 1 saturated heterocycles. The Kier molecular flexibility index (Phi) is 5.17. The Hall–Kier alpha value is -1.18. The lowest BCUT2D eigenvalue weighted by Gasteiger charge is -2.28. The number of hydrogen-bond donors (Lipinski definition) is 4. The molecule has 4 N–H and O–H groups in total. The third-order valence-corrected chi connectivity index (χ3v) is 2.33. The van der Waals surface area contributed by atoms with Crippen LogP contribution in [0, 0.1) is 0 Å². The van der Waals surface area contributed by atoms with Crippen LogP contribution in [0.1, 0.15) is 0 Å². The normalized spacial score (nSPS) is 20.4. The third-order valence-electron chi connectivity index (χ3n) is 2.33. The van der Waals surface area contributed by atoms with E-state index in [1.165, 1.54) is 4.90 Å². The molecule has 0 aromatic heterocycles. The summed E-state index contributed by atoms with van der Waals surface area (Å²) in [6, 6.07) is -0.910. The van der Waals surface area contributed by atoms with Crippen LogP contribution in [-0.4, -0.2) is 72.4 Å². The first-order chi connectivity index (χ1) is 7.70. The van der Waals surface area contributed by atoms with Crippen LogP contribution in [-0.2, 0) is 9.59 Å². The molecule has 1 fully saturated rings. The van der Waals surface area contributed by atoms with Crippen molar-refractivity contribution < 1.29 is 19.8 Å². The van der Waals surface area contributed by atoms with Crippen molar-refractivity contribution in [2.24, 2.45) is 0 Å². The van der Waals surface area contributed by atoms with Crippen molar-refractivity contribution in [2.75, 3.05) is 39.4 Å². The first kappa shape index (κ1) is 12.9. The highest BCUT2D eigenvalue weighted by Crippen LogP contribution is 1.98. The van der Waals surface area contributed by atoms with Crippen molar-refractivity contribution in [3.8, 4) is 0 Å². The maximum Gasteiger partial charge on any atom is 0.249 e. The van der Waals surface area contributed by atoms with Gasteiger partial charge in [-0.15, -0.1) is 0 Å². The SMILES string of the molecule is O=C1NCCNC1C(=O)N(CCO)CCO. The van der Waals surface area contributed by atoms with Crippen molar-refractivity contribution in [3.05, 3.63) is 0 Å². The average Bonchev–Trinajstić information content (AvgIpc) is 2.28. The van der Waals surface area contributed by atoms with Crippen molar-refractivity contribution in [1.82, 2.24) is 15.5 Å². The Morgan fingerprint density at radius 1 is 1.31 bits per heavy atom. The molecule has 7 nitrogen and oxygen atoms in total. The molecule has 1 heterocycles. The number of rotatable bonds is 5. The number of amides is 2. The second-order valence-corrected chi connectivity index (χ2v) is 3.45. The monoisotopic (exact) mass is 231 g/mol. The van der Waals surface area contributed by atoms with Gasteiger partial charge in [-0.05, 0) is 0 Å². The smallest absolute Gasteiger partial charge is 0.249 e. The highest BCUT2D eigenvalue weighted by Gasteiger charge is 2.31. The molecule has 1 rings (SSSR count). The second kappa shape index (κ2) is 6.41. The van der Waals surface area contributed by atoms with E-state index in [-0.39, 0.29) is 32.2 Å². The van der Waals surface area contributed by atoms with Gasteiger partial charge in [0.05, 0.1) is 13.2 Å². The maximum absolute atomic E-state index is 11.9. The Balaban J connectivity index is 2.60. The quantitative estimate of drug-likeness (QED) is 0.375. The minimum Gasteiger partial charge on any atom is -0.395 e. The van der Waals surface area contributed by atoms with Crippen LogP contribution in [0.5, 0.6) is 0 Å². The van der Waals surface area contributed by atoms with Crippen LogP contribution in [0.2, 0.25) is 0 Å². The summed E-state index contributed by atoms with van der Waals surface area (Å²) < 4.78 is 0. The number of carbonyl (C=O) groups excluding carboxylic acids is 2. The highest BCUT2D eigenvalue weighted by atomic mass is 16.3. The van der Waals surface area contributed by atoms with Gasteiger partial charge in [-0.2, -0.15) is 0 Å². The molecule has 7 heteroatoms. The number of aliphatic hydroxyl groups is 2. The molecular formula is C9H17N3O4. The number of aliphatic hydroxyl groups excluding tert-OH is 2. The molecule has 1 atom stereocenters. The molecule has 0 saturated carbocycles. The molecule has 0 spiro atoms. The molecule has 0 bridgehead atoms. The molecule has 0 aliphatic carbocycles. The first-order valence-electron chi connectivity index (χ1n) is 5.22. The number of piperazine rings is 1. The van der Waals surface area contributed by atoms with Gasteiger partial charge in [-0.25, -0.2) is 0 Å². The van der Waals surface area contributed by atoms with Crippen LogP contribution < -0.4 is 10.6 Å². The fourth-order valence-corrected chi connectivity index (χ4v) is 1.55. The highest BCUT2D eigenvalue weighted by molar-refractivity contribution is 6.04. The number of hydrogen-bond acceptors (Lipinski definition) is 5. The first-order valence-corrected chi connectivity index (χ1v) is 5.22. The van der Waals surface area contributed by atoms with Gasteiger partial charge in [0.1, 0.15) is 0 Å². The molecule has 0 aromatic rings. The van der Waals surface area contributed by atoms with E-state index in [0.717, 1.165) is 0 Å². The Morgan fingerprint density at radius 2 is 1.94 bits per heavy atom. The summed E-state index contributed by atoms with van der Waals surface area (Å²) in [7, 11) is 0. The fourth-order valence-electron chi connectivity index (χ4n) is 1.55. The summed E-state index contributed by atoms with van der Waals surface area (Å²) in [6.45, 7) is 0.882. The van der Waals surface area contributed by atoms with Crippen LogP contribution in [0.15, 0.2) is 0 Å². The van der Waals surface area contributed by atoms with E-state index in [4.69, 9.17) is 10.2 Å². The molecule has 1 unspecified atom stereocenters. The van der Waals surface area contributed by atoms with Gasteiger partial charge < -0.3 is 20.4 Å². The topological polar surface area (TPSA) is 102 Å².